The summed E-state index contributed by atoms with van der Waals surface area (Å²) < 4.78 is 0.781. The summed E-state index contributed by atoms with van der Waals surface area (Å²) in [6.45, 7) is -0.564. The Morgan fingerprint density at radius 2 is 1.92 bits per heavy atom. The number of carbonyl (C=O) groups is 3. The molecule has 1 heterocycles. The Bertz CT molecular complexity index is 847. The highest BCUT2D eigenvalue weighted by Crippen LogP contribution is 2.03. The van der Waals surface area contributed by atoms with Crippen LogP contribution in [-0.2, 0) is 20.9 Å². The fraction of sp³-hybridized carbons (Fsp3) is 0.286. The van der Waals surface area contributed by atoms with Gasteiger partial charge in [-0.05, 0) is 25.0 Å². The van der Waals surface area contributed by atoms with Gasteiger partial charge in [0, 0.05) is 5.97 Å². The van der Waals surface area contributed by atoms with Crippen LogP contribution in [0.1, 0.15) is 12.8 Å². The highest BCUT2D eigenvalue weighted by atomic mass is 16.4. The fourth-order valence-corrected chi connectivity index (χ4v) is 2.01. The number of fused-ring (bicyclic) bond motifs is 1. The minimum absolute atomic E-state index is 0.258. The summed E-state index contributed by atoms with van der Waals surface area (Å²) in [4.78, 5) is 45.3. The largest absolute Gasteiger partial charge is 0.550 e. The summed E-state index contributed by atoms with van der Waals surface area (Å²) in [6.07, 6.45) is -0.955. The van der Waals surface area contributed by atoms with E-state index in [4.69, 9.17) is 0 Å². The smallest absolute Gasteiger partial charge is 0.278 e. The minimum Gasteiger partial charge on any atom is -0.550 e. The number of aromatic nitrogens is 3. The van der Waals surface area contributed by atoms with E-state index in [0.717, 1.165) is 4.68 Å². The summed E-state index contributed by atoms with van der Waals surface area (Å²) in [5.41, 5.74) is -0.198. The van der Waals surface area contributed by atoms with Crippen LogP contribution in [0.2, 0.25) is 0 Å². The van der Waals surface area contributed by atoms with Crippen LogP contribution in [0.25, 0.3) is 10.9 Å². The first-order valence-electron chi connectivity index (χ1n) is 6.91. The molecule has 0 fully saturated rings. The van der Waals surface area contributed by atoms with Gasteiger partial charge in [0.2, 0.25) is 5.91 Å². The molecular formula is C14H12N4O6-2. The van der Waals surface area contributed by atoms with E-state index in [2.05, 4.69) is 15.6 Å². The summed E-state index contributed by atoms with van der Waals surface area (Å²) in [5, 5.41) is 31.0. The van der Waals surface area contributed by atoms with E-state index in [-0.39, 0.29) is 5.39 Å². The molecule has 0 aliphatic carbocycles. The molecule has 2 rings (SSSR count). The molecule has 0 unspecified atom stereocenters. The number of hydrogen-bond donors (Lipinski definition) is 1. The highest BCUT2D eigenvalue weighted by molar-refractivity contribution is 5.83. The van der Waals surface area contributed by atoms with E-state index in [0.29, 0.717) is 5.52 Å². The quantitative estimate of drug-likeness (QED) is 0.548. The maximum absolute atomic E-state index is 12.2. The zero-order chi connectivity index (χ0) is 17.7. The standard InChI is InChI=1S/C14H14N4O6/c19-11(15-10(14(23)24)5-6-12(20)21)7-18-13(22)8-3-1-2-4-9(8)16-17-18/h1-4,10H,5-7H2,(H,15,19)(H,20,21)(H,23,24)/p-2/t10-/m0/s1. The maximum atomic E-state index is 12.2. The zero-order valence-electron chi connectivity index (χ0n) is 12.3. The van der Waals surface area contributed by atoms with Gasteiger partial charge in [-0.25, -0.2) is 4.68 Å². The van der Waals surface area contributed by atoms with Gasteiger partial charge in [-0.3, -0.25) is 9.59 Å². The third kappa shape index (κ3) is 4.12. The Labute approximate surface area is 134 Å². The summed E-state index contributed by atoms with van der Waals surface area (Å²) in [7, 11) is 0. The molecule has 10 heteroatoms. The molecular weight excluding hydrogens is 320 g/mol. The number of rotatable bonds is 7. The highest BCUT2D eigenvalue weighted by Gasteiger charge is 2.15. The number of carbonyl (C=O) groups excluding carboxylic acids is 3. The first-order valence-corrected chi connectivity index (χ1v) is 6.91. The number of benzene rings is 1. The number of aliphatic carboxylic acids is 2. The average Bonchev–Trinajstić information content (AvgIpc) is 2.54. The maximum Gasteiger partial charge on any atom is 0.278 e. The van der Waals surface area contributed by atoms with Crippen molar-refractivity contribution in [2.45, 2.75) is 25.4 Å². The topological polar surface area (TPSA) is 157 Å². The van der Waals surface area contributed by atoms with Gasteiger partial charge >= 0.3 is 0 Å². The van der Waals surface area contributed by atoms with Gasteiger partial charge in [0.05, 0.1) is 17.4 Å². The molecule has 0 saturated carbocycles. The Kier molecular flexibility index (Phi) is 5.20. The molecule has 0 saturated heterocycles. The number of amides is 1. The lowest BCUT2D eigenvalue weighted by atomic mass is 10.1. The van der Waals surface area contributed by atoms with Crippen LogP contribution in [0, 0.1) is 0 Å². The molecule has 1 aromatic heterocycles. The lowest BCUT2D eigenvalue weighted by Gasteiger charge is -2.19. The predicted octanol–water partition coefficient (Wildman–Crippen LogP) is -3.44. The second-order valence-corrected chi connectivity index (χ2v) is 4.92. The Morgan fingerprint density at radius 3 is 2.58 bits per heavy atom. The number of carboxylic acid groups (broad SMARTS) is 2. The molecule has 10 nitrogen and oxygen atoms in total. The molecule has 1 N–H and O–H groups in total. The molecule has 126 valence electrons. The van der Waals surface area contributed by atoms with E-state index >= 15 is 0 Å². The van der Waals surface area contributed by atoms with Gasteiger partial charge in [0.15, 0.2) is 0 Å². The molecule has 0 aliphatic rings. The van der Waals surface area contributed by atoms with Crippen molar-refractivity contribution in [2.24, 2.45) is 0 Å². The minimum atomic E-state index is -1.64. The fourth-order valence-electron chi connectivity index (χ4n) is 2.01. The number of nitrogens with zero attached hydrogens (tertiary/aromatic N) is 3. The van der Waals surface area contributed by atoms with Crippen molar-refractivity contribution in [2.75, 3.05) is 0 Å². The molecule has 1 amide bonds. The van der Waals surface area contributed by atoms with Crippen molar-refractivity contribution in [3.05, 3.63) is 34.6 Å². The van der Waals surface area contributed by atoms with E-state index in [9.17, 15) is 29.4 Å². The monoisotopic (exact) mass is 332 g/mol. The molecule has 1 atom stereocenters. The van der Waals surface area contributed by atoms with Gasteiger partial charge in [0.1, 0.15) is 12.1 Å². The lowest BCUT2D eigenvalue weighted by molar-refractivity contribution is -0.310. The van der Waals surface area contributed by atoms with Gasteiger partial charge in [0.25, 0.3) is 5.56 Å². The van der Waals surface area contributed by atoms with E-state index in [1.54, 1.807) is 18.2 Å². The van der Waals surface area contributed by atoms with Crippen LogP contribution in [0.4, 0.5) is 0 Å². The molecule has 0 aliphatic heterocycles. The molecule has 2 aromatic rings. The average molecular weight is 332 g/mol. The second kappa shape index (κ2) is 7.31. The van der Waals surface area contributed by atoms with E-state index in [1.807, 2.05) is 0 Å². The van der Waals surface area contributed by atoms with Crippen LogP contribution in [0.3, 0.4) is 0 Å². The van der Waals surface area contributed by atoms with Crippen molar-refractivity contribution in [1.82, 2.24) is 20.3 Å². The molecule has 1 aromatic carbocycles. The molecule has 0 spiro atoms. The van der Waals surface area contributed by atoms with Gasteiger partial charge in [-0.1, -0.05) is 17.3 Å². The van der Waals surface area contributed by atoms with Crippen LogP contribution >= 0.6 is 0 Å². The van der Waals surface area contributed by atoms with Crippen molar-refractivity contribution in [3.63, 3.8) is 0 Å². The normalized spacial score (nSPS) is 11.8. The number of carboxylic acids is 2. The van der Waals surface area contributed by atoms with Crippen molar-refractivity contribution in [1.29, 1.82) is 0 Å². The number of hydrogen-bond acceptors (Lipinski definition) is 8. The third-order valence-corrected chi connectivity index (χ3v) is 3.18. The summed E-state index contributed by atoms with van der Waals surface area (Å²) in [5.74, 6) is -3.93. The first-order chi connectivity index (χ1) is 11.4. The van der Waals surface area contributed by atoms with Gasteiger partial charge in [-0.15, -0.1) is 5.10 Å². The zero-order valence-corrected chi connectivity index (χ0v) is 12.3. The van der Waals surface area contributed by atoms with E-state index < -0.39 is 48.8 Å². The van der Waals surface area contributed by atoms with Crippen LogP contribution in [0.15, 0.2) is 29.1 Å². The summed E-state index contributed by atoms with van der Waals surface area (Å²) >= 11 is 0. The van der Waals surface area contributed by atoms with Crippen molar-refractivity contribution in [3.8, 4) is 0 Å². The van der Waals surface area contributed by atoms with Gasteiger partial charge in [-0.2, -0.15) is 0 Å². The van der Waals surface area contributed by atoms with Crippen LogP contribution in [0.5, 0.6) is 0 Å². The molecule has 0 radical (unpaired) electrons. The first kappa shape index (κ1) is 17.1. The lowest BCUT2D eigenvalue weighted by Crippen LogP contribution is -2.49. The molecule has 24 heavy (non-hydrogen) atoms. The van der Waals surface area contributed by atoms with Crippen molar-refractivity contribution >= 4 is 28.7 Å². The Balaban J connectivity index is 2.11. The Hall–Kier alpha value is -3.30. The second-order valence-electron chi connectivity index (χ2n) is 4.92. The Morgan fingerprint density at radius 1 is 1.21 bits per heavy atom. The number of nitrogens with one attached hydrogen (secondary N) is 1. The third-order valence-electron chi connectivity index (χ3n) is 3.18. The van der Waals surface area contributed by atoms with Crippen LogP contribution < -0.4 is 21.1 Å². The SMILES string of the molecule is O=C([O-])CC[C@H](NC(=O)Cn1nnc2ccccc2c1=O)C(=O)[O-]. The van der Waals surface area contributed by atoms with Crippen molar-refractivity contribution < 1.29 is 24.6 Å². The molecule has 0 bridgehead atoms. The van der Waals surface area contributed by atoms with Crippen LogP contribution in [-0.4, -0.2) is 38.9 Å². The summed E-state index contributed by atoms with van der Waals surface area (Å²) in [6, 6.07) is 4.89. The predicted molar refractivity (Wildman–Crippen MR) is 75.0 cm³/mol. The van der Waals surface area contributed by atoms with E-state index in [1.165, 1.54) is 6.07 Å². The van der Waals surface area contributed by atoms with Gasteiger partial charge < -0.3 is 25.1 Å².